The van der Waals surface area contributed by atoms with E-state index in [9.17, 15) is 28.8 Å². The van der Waals surface area contributed by atoms with Crippen LogP contribution in [0, 0.1) is 11.8 Å². The van der Waals surface area contributed by atoms with Gasteiger partial charge in [-0.3, -0.25) is 19.2 Å². The van der Waals surface area contributed by atoms with Crippen molar-refractivity contribution in [3.05, 3.63) is 47.6 Å². The Hall–Kier alpha value is -4.30. The maximum Gasteiger partial charge on any atom is 0.334 e. The van der Waals surface area contributed by atoms with Crippen LogP contribution < -0.4 is 10.6 Å². The predicted octanol–water partition coefficient (Wildman–Crippen LogP) is 4.16. The van der Waals surface area contributed by atoms with Crippen LogP contribution in [0.25, 0.3) is 0 Å². The van der Waals surface area contributed by atoms with Gasteiger partial charge in [0.1, 0.15) is 37.6 Å². The van der Waals surface area contributed by atoms with E-state index >= 15 is 0 Å². The fraction of sp³-hybridized carbons (Fsp3) is 0.667. The Morgan fingerprint density at radius 2 is 1.11 bits per heavy atom. The molecule has 0 radical (unpaired) electrons. The molecule has 0 bridgehead atoms. The number of carbonyl (C=O) groups excluding carboxylic acids is 6. The van der Waals surface area contributed by atoms with Crippen molar-refractivity contribution in [1.29, 1.82) is 0 Å². The van der Waals surface area contributed by atoms with Gasteiger partial charge in [-0.2, -0.15) is 0 Å². The fourth-order valence-electron chi connectivity index (χ4n) is 8.31. The highest BCUT2D eigenvalue weighted by Gasteiger charge is 2.62. The Morgan fingerprint density at radius 1 is 0.696 bits per heavy atom. The van der Waals surface area contributed by atoms with Crippen LogP contribution in [0.5, 0.6) is 0 Å². The summed E-state index contributed by atoms with van der Waals surface area (Å²) in [5.74, 6) is -2.46. The summed E-state index contributed by atoms with van der Waals surface area (Å²) in [6, 6.07) is 0. The number of unbranched alkanes of at least 4 members (excludes halogenated alkanes) is 1. The zero-order chi connectivity index (χ0) is 40.0. The summed E-state index contributed by atoms with van der Waals surface area (Å²) in [6.07, 6.45) is 10.0. The number of nitrogens with one attached hydrogen (secondary N) is 2. The largest absolute Gasteiger partial charge is 0.461 e. The van der Waals surface area contributed by atoms with Gasteiger partial charge < -0.3 is 39.1 Å². The van der Waals surface area contributed by atoms with E-state index in [0.717, 1.165) is 36.8 Å². The summed E-state index contributed by atoms with van der Waals surface area (Å²) in [5, 5.41) is 5.58. The SMILES string of the molecule is C=C1C(=O)O[C@H]2[C@H]1CC/C(COC(=O)CCC(=O)NCCCCNC(=O)CCC(=O)OC/C1=C/CC[C@@]3(C)O[C@H]3[C@H]3OC(=O)C(=C)[C@@H]3CC1)=C\CC[C@@]1(C)O[C@@H]21. The summed E-state index contributed by atoms with van der Waals surface area (Å²) in [4.78, 5) is 73.9. The molecule has 0 aromatic heterocycles. The topological polar surface area (TPSA) is 188 Å². The van der Waals surface area contributed by atoms with Gasteiger partial charge in [0.2, 0.25) is 11.8 Å². The summed E-state index contributed by atoms with van der Waals surface area (Å²) in [5.41, 5.74) is 2.16. The maximum atomic E-state index is 12.4. The van der Waals surface area contributed by atoms with Gasteiger partial charge in [-0.25, -0.2) is 9.59 Å². The third-order valence-corrected chi connectivity index (χ3v) is 12.1. The first-order valence-corrected chi connectivity index (χ1v) is 20.1. The number of esters is 4. The number of epoxide rings is 2. The molecule has 2 N–H and O–H groups in total. The zero-order valence-electron chi connectivity index (χ0n) is 32.7. The van der Waals surface area contributed by atoms with E-state index < -0.39 is 11.9 Å². The van der Waals surface area contributed by atoms with Crippen LogP contribution in [0.4, 0.5) is 0 Å². The molecule has 4 aliphatic heterocycles. The minimum atomic E-state index is -0.462. The molecule has 2 amide bonds. The van der Waals surface area contributed by atoms with Crippen LogP contribution in [0.2, 0.25) is 0 Å². The molecule has 8 atom stereocenters. The predicted molar refractivity (Wildman–Crippen MR) is 200 cm³/mol. The minimum absolute atomic E-state index is 0.00361. The van der Waals surface area contributed by atoms with Crippen LogP contribution in [0.1, 0.15) is 104 Å². The van der Waals surface area contributed by atoms with E-state index in [1.165, 1.54) is 0 Å². The van der Waals surface area contributed by atoms with Gasteiger partial charge in [-0.1, -0.05) is 25.3 Å². The molecule has 14 nitrogen and oxygen atoms in total. The Morgan fingerprint density at radius 3 is 1.52 bits per heavy atom. The second-order valence-corrected chi connectivity index (χ2v) is 16.3. The molecule has 0 aromatic carbocycles. The number of ether oxygens (including phenoxy) is 6. The molecule has 0 saturated carbocycles. The third kappa shape index (κ3) is 10.4. The molecular formula is C42H56N2O12. The first-order chi connectivity index (χ1) is 26.8. The number of fused-ring (bicyclic) bond motifs is 6. The standard InChI is InChI=1S/C42H56N2O12/c1-25-29-13-11-27(9-7-19-41(3)37(55-41)35(29)53-39(25)49)23-51-33(47)17-15-31(45)43-21-5-6-22-44-32(46)16-18-34(48)52-24-28-10-8-20-42(4)38(56-42)36-30(14-12-28)26(2)40(50)54-36/h9-10,29-30,35-38H,1-2,5-8,11-24H2,3-4H3,(H,43,45)(H,44,46)/b27-9+,28-10+/t29-,30-,35-,36-,37-,38-,41+,42+/m0/s1. The van der Waals surface area contributed by atoms with Crippen LogP contribution in [-0.4, -0.2) is 97.6 Å². The molecule has 0 aromatic rings. The van der Waals surface area contributed by atoms with Crippen molar-refractivity contribution < 1.29 is 57.2 Å². The number of carbonyl (C=O) groups is 6. The van der Waals surface area contributed by atoms with Crippen molar-refractivity contribution in [3.8, 4) is 0 Å². The van der Waals surface area contributed by atoms with Gasteiger partial charge in [-0.15, -0.1) is 0 Å². The quantitative estimate of drug-likeness (QED) is 0.0604. The van der Waals surface area contributed by atoms with Crippen LogP contribution in [0.3, 0.4) is 0 Å². The maximum absolute atomic E-state index is 12.4. The van der Waals surface area contributed by atoms with E-state index in [1.807, 2.05) is 13.8 Å². The molecule has 2 aliphatic carbocycles. The second kappa shape index (κ2) is 17.9. The number of allylic oxidation sites excluding steroid dienone is 2. The monoisotopic (exact) mass is 780 g/mol. The summed E-state index contributed by atoms with van der Waals surface area (Å²) >= 11 is 0. The van der Waals surface area contributed by atoms with Gasteiger partial charge in [0, 0.05) is 48.9 Å². The molecule has 6 aliphatic rings. The van der Waals surface area contributed by atoms with E-state index in [1.54, 1.807) is 0 Å². The van der Waals surface area contributed by atoms with Crippen LogP contribution in [-0.2, 0) is 57.2 Å². The van der Waals surface area contributed by atoms with Crippen molar-refractivity contribution in [1.82, 2.24) is 10.6 Å². The van der Waals surface area contributed by atoms with Gasteiger partial charge in [0.25, 0.3) is 0 Å². The summed E-state index contributed by atoms with van der Waals surface area (Å²) < 4.78 is 34.0. The highest BCUT2D eigenvalue weighted by atomic mass is 16.7. The van der Waals surface area contributed by atoms with Gasteiger partial charge in [-0.05, 0) is 89.2 Å². The van der Waals surface area contributed by atoms with Crippen LogP contribution in [0.15, 0.2) is 47.6 Å². The molecule has 4 saturated heterocycles. The van der Waals surface area contributed by atoms with Crippen molar-refractivity contribution >= 4 is 35.7 Å². The van der Waals surface area contributed by atoms with Gasteiger partial charge in [0.05, 0.1) is 24.0 Å². The molecule has 56 heavy (non-hydrogen) atoms. The first-order valence-electron chi connectivity index (χ1n) is 20.1. The van der Waals surface area contributed by atoms with Crippen LogP contribution >= 0.6 is 0 Å². The van der Waals surface area contributed by atoms with Crippen molar-refractivity contribution in [2.75, 3.05) is 26.3 Å². The fourth-order valence-corrected chi connectivity index (χ4v) is 8.31. The number of rotatable bonds is 15. The Bertz CT molecular complexity index is 1550. The minimum Gasteiger partial charge on any atom is -0.461 e. The Kier molecular flexibility index (Phi) is 13.2. The van der Waals surface area contributed by atoms with E-state index in [-0.39, 0.29) is 110 Å². The van der Waals surface area contributed by atoms with E-state index in [2.05, 4.69) is 35.9 Å². The number of hydrogen-bond acceptors (Lipinski definition) is 12. The van der Waals surface area contributed by atoms with E-state index in [0.29, 0.717) is 62.8 Å². The molecule has 14 heteroatoms. The molecule has 306 valence electrons. The molecule has 0 unspecified atom stereocenters. The van der Waals surface area contributed by atoms with Gasteiger partial charge >= 0.3 is 23.9 Å². The second-order valence-electron chi connectivity index (χ2n) is 16.3. The lowest BCUT2D eigenvalue weighted by molar-refractivity contribution is -0.144. The molecular weight excluding hydrogens is 724 g/mol. The van der Waals surface area contributed by atoms with Gasteiger partial charge in [0.15, 0.2) is 0 Å². The lowest BCUT2D eigenvalue weighted by Gasteiger charge is -2.20. The molecule has 4 heterocycles. The first kappa shape index (κ1) is 41.3. The average Bonchev–Trinajstić information content (AvgIpc) is 3.98. The highest BCUT2D eigenvalue weighted by molar-refractivity contribution is 5.91. The third-order valence-electron chi connectivity index (χ3n) is 12.1. The highest BCUT2D eigenvalue weighted by Crippen LogP contribution is 2.51. The Balaban J connectivity index is 0.786. The number of amides is 2. The van der Waals surface area contributed by atoms with Crippen molar-refractivity contribution in [2.24, 2.45) is 11.8 Å². The molecule has 6 rings (SSSR count). The van der Waals surface area contributed by atoms with E-state index in [4.69, 9.17) is 28.4 Å². The Labute approximate surface area is 328 Å². The summed E-state index contributed by atoms with van der Waals surface area (Å²) in [7, 11) is 0. The summed E-state index contributed by atoms with van der Waals surface area (Å²) in [6.45, 7) is 13.0. The lowest BCUT2D eigenvalue weighted by atomic mass is 9.84. The lowest BCUT2D eigenvalue weighted by Crippen LogP contribution is -2.29. The zero-order valence-corrected chi connectivity index (χ0v) is 32.7. The van der Waals surface area contributed by atoms with Crippen molar-refractivity contribution in [2.45, 2.75) is 139 Å². The number of hydrogen-bond donors (Lipinski definition) is 2. The smallest absolute Gasteiger partial charge is 0.334 e. The average molecular weight is 781 g/mol. The van der Waals surface area contributed by atoms with Crippen molar-refractivity contribution in [3.63, 3.8) is 0 Å². The molecule has 0 spiro atoms. The normalized spacial score (nSPS) is 34.0. The molecule has 4 fully saturated rings.